The zero-order valence-electron chi connectivity index (χ0n) is 15.9. The third kappa shape index (κ3) is 4.48. The molecule has 0 radical (unpaired) electrons. The minimum Gasteiger partial charge on any atom is -0.466 e. The molecule has 1 saturated heterocycles. The van der Waals surface area contributed by atoms with Crippen LogP contribution in [0, 0.1) is 5.92 Å². The van der Waals surface area contributed by atoms with Crippen LogP contribution in [0.3, 0.4) is 0 Å². The van der Waals surface area contributed by atoms with E-state index in [0.29, 0.717) is 30.5 Å². The second-order valence-corrected chi connectivity index (χ2v) is 6.77. The molecule has 1 aromatic carbocycles. The van der Waals surface area contributed by atoms with Crippen LogP contribution in [0.5, 0.6) is 0 Å². The average molecular weight is 369 g/mol. The maximum Gasteiger partial charge on any atom is 0.310 e. The zero-order chi connectivity index (χ0) is 19.2. The van der Waals surface area contributed by atoms with Crippen LogP contribution in [0.4, 0.5) is 17.3 Å². The van der Waals surface area contributed by atoms with Gasteiger partial charge in [-0.05, 0) is 32.3 Å². The van der Waals surface area contributed by atoms with Crippen LogP contribution < -0.4 is 16.0 Å². The number of esters is 1. The van der Waals surface area contributed by atoms with E-state index in [1.807, 2.05) is 25.1 Å². The summed E-state index contributed by atoms with van der Waals surface area (Å²) in [4.78, 5) is 22.9. The van der Waals surface area contributed by atoms with E-state index < -0.39 is 0 Å². The Morgan fingerprint density at radius 1 is 1.37 bits per heavy atom. The highest BCUT2D eigenvalue weighted by Crippen LogP contribution is 2.31. The lowest BCUT2D eigenvalue weighted by Gasteiger charge is -2.33. The molecule has 2 atom stereocenters. The van der Waals surface area contributed by atoms with E-state index in [-0.39, 0.29) is 17.9 Å². The third-order valence-electron chi connectivity index (χ3n) is 4.86. The number of piperidine rings is 1. The maximum atomic E-state index is 12.1. The molecule has 0 spiro atoms. The lowest BCUT2D eigenvalue weighted by Crippen LogP contribution is -2.40. The molecule has 1 fully saturated rings. The van der Waals surface area contributed by atoms with Gasteiger partial charge in [0.25, 0.3) is 0 Å². The lowest BCUT2D eigenvalue weighted by atomic mass is 9.98. The second kappa shape index (κ2) is 8.70. The molecule has 1 aliphatic rings. The van der Waals surface area contributed by atoms with E-state index in [1.54, 1.807) is 0 Å². The van der Waals surface area contributed by atoms with Gasteiger partial charge in [0.15, 0.2) is 11.6 Å². The minimum absolute atomic E-state index is 0.0601. The number of nitrogens with one attached hydrogen (secondary N) is 1. The second-order valence-electron chi connectivity index (χ2n) is 6.77. The van der Waals surface area contributed by atoms with Gasteiger partial charge in [-0.25, -0.2) is 9.97 Å². The quantitative estimate of drug-likeness (QED) is 0.756. The molecular weight excluding hydrogens is 342 g/mol. The summed E-state index contributed by atoms with van der Waals surface area (Å²) in [5, 5.41) is 3.37. The number of carbonyl (C=O) groups is 1. The number of aromatic nitrogens is 2. The fourth-order valence-electron chi connectivity index (χ4n) is 3.41. The van der Waals surface area contributed by atoms with Gasteiger partial charge in [0.05, 0.1) is 18.6 Å². The van der Waals surface area contributed by atoms with Crippen LogP contribution in [0.25, 0.3) is 0 Å². The first-order valence-electron chi connectivity index (χ1n) is 9.43. The summed E-state index contributed by atoms with van der Waals surface area (Å²) in [6.07, 6.45) is 3.24. The molecule has 7 heteroatoms. The van der Waals surface area contributed by atoms with Crippen molar-refractivity contribution >= 4 is 23.3 Å². The van der Waals surface area contributed by atoms with Crippen molar-refractivity contribution in [2.75, 3.05) is 35.6 Å². The van der Waals surface area contributed by atoms with Crippen LogP contribution in [0.2, 0.25) is 0 Å². The number of hydrogen-bond donors (Lipinski definition) is 2. The molecular formula is C20H27N5O2. The monoisotopic (exact) mass is 369 g/mol. The molecule has 1 aliphatic heterocycles. The molecule has 7 nitrogen and oxygen atoms in total. The normalized spacial score (nSPS) is 18.0. The molecule has 2 heterocycles. The number of nitrogens with two attached hydrogens (primary N) is 1. The van der Waals surface area contributed by atoms with Gasteiger partial charge in [-0.15, -0.1) is 0 Å². The summed E-state index contributed by atoms with van der Waals surface area (Å²) in [5.41, 5.74) is 8.03. The summed E-state index contributed by atoms with van der Waals surface area (Å²) in [6, 6.07) is 10.2. The predicted molar refractivity (Wildman–Crippen MR) is 106 cm³/mol. The molecule has 0 saturated carbocycles. The highest BCUT2D eigenvalue weighted by atomic mass is 16.5. The Labute approximate surface area is 159 Å². The summed E-state index contributed by atoms with van der Waals surface area (Å²) >= 11 is 0. The van der Waals surface area contributed by atoms with Crippen molar-refractivity contribution in [2.45, 2.75) is 32.7 Å². The number of benzene rings is 1. The van der Waals surface area contributed by atoms with Crippen molar-refractivity contribution in [1.82, 2.24) is 9.97 Å². The standard InChI is InChI=1S/C20H27N5O2/c1-3-27-20(26)16-10-7-11-25(12-16)19-17(21)18(22-13-23-19)24-14(2)15-8-5-4-6-9-15/h4-6,8-9,13-14,16H,3,7,10-12,21H2,1-2H3,(H,22,23,24). The van der Waals surface area contributed by atoms with Crippen molar-refractivity contribution < 1.29 is 9.53 Å². The SMILES string of the molecule is CCOC(=O)C1CCCN(c2ncnc(NC(C)c3ccccc3)c2N)C1. The van der Waals surface area contributed by atoms with Gasteiger partial charge in [0, 0.05) is 13.1 Å². The van der Waals surface area contributed by atoms with E-state index in [1.165, 1.54) is 6.33 Å². The predicted octanol–water partition coefficient (Wildman–Crippen LogP) is 3.01. The smallest absolute Gasteiger partial charge is 0.310 e. The highest BCUT2D eigenvalue weighted by Gasteiger charge is 2.29. The average Bonchev–Trinajstić information content (AvgIpc) is 2.70. The highest BCUT2D eigenvalue weighted by molar-refractivity contribution is 5.77. The number of rotatable bonds is 6. The first-order valence-corrected chi connectivity index (χ1v) is 9.43. The molecule has 144 valence electrons. The van der Waals surface area contributed by atoms with Gasteiger partial charge in [-0.3, -0.25) is 4.79 Å². The summed E-state index contributed by atoms with van der Waals surface area (Å²) < 4.78 is 5.18. The third-order valence-corrected chi connectivity index (χ3v) is 4.86. The largest absolute Gasteiger partial charge is 0.466 e. The van der Waals surface area contributed by atoms with Crippen molar-refractivity contribution in [2.24, 2.45) is 5.92 Å². The van der Waals surface area contributed by atoms with E-state index in [0.717, 1.165) is 24.9 Å². The van der Waals surface area contributed by atoms with E-state index in [2.05, 4.69) is 39.2 Å². The fraction of sp³-hybridized carbons (Fsp3) is 0.450. The first-order chi connectivity index (χ1) is 13.1. The van der Waals surface area contributed by atoms with Crippen LogP contribution in [-0.2, 0) is 9.53 Å². The first kappa shape index (κ1) is 18.9. The number of nitrogen functional groups attached to an aromatic ring is 1. The van der Waals surface area contributed by atoms with Gasteiger partial charge in [0.1, 0.15) is 12.0 Å². The molecule has 0 bridgehead atoms. The van der Waals surface area contributed by atoms with Gasteiger partial charge < -0.3 is 20.7 Å². The Morgan fingerprint density at radius 3 is 2.89 bits per heavy atom. The molecule has 3 rings (SSSR count). The molecule has 3 N–H and O–H groups in total. The molecule has 27 heavy (non-hydrogen) atoms. The minimum atomic E-state index is -0.147. The Kier molecular flexibility index (Phi) is 6.11. The lowest BCUT2D eigenvalue weighted by molar-refractivity contribution is -0.148. The maximum absolute atomic E-state index is 12.1. The van der Waals surface area contributed by atoms with Crippen LogP contribution >= 0.6 is 0 Å². The number of ether oxygens (including phenoxy) is 1. The number of hydrogen-bond acceptors (Lipinski definition) is 7. The zero-order valence-corrected chi connectivity index (χ0v) is 15.9. The Bertz CT molecular complexity index is 768. The molecule has 1 aromatic heterocycles. The van der Waals surface area contributed by atoms with Gasteiger partial charge >= 0.3 is 5.97 Å². The molecule has 2 unspecified atom stereocenters. The van der Waals surface area contributed by atoms with Crippen LogP contribution in [-0.4, -0.2) is 35.6 Å². The van der Waals surface area contributed by atoms with E-state index in [4.69, 9.17) is 10.5 Å². The topological polar surface area (TPSA) is 93.4 Å². The van der Waals surface area contributed by atoms with Crippen molar-refractivity contribution in [1.29, 1.82) is 0 Å². The number of carbonyl (C=O) groups excluding carboxylic acids is 1. The van der Waals surface area contributed by atoms with Crippen molar-refractivity contribution in [3.8, 4) is 0 Å². The number of anilines is 3. The van der Waals surface area contributed by atoms with Crippen LogP contribution in [0.1, 0.15) is 38.3 Å². The summed E-state index contributed by atoms with van der Waals surface area (Å²) in [6.45, 7) is 5.66. The Hall–Kier alpha value is -2.83. The van der Waals surface area contributed by atoms with E-state index >= 15 is 0 Å². The van der Waals surface area contributed by atoms with Crippen LogP contribution in [0.15, 0.2) is 36.7 Å². The summed E-state index contributed by atoms with van der Waals surface area (Å²) in [7, 11) is 0. The van der Waals surface area contributed by atoms with E-state index in [9.17, 15) is 4.79 Å². The Balaban J connectivity index is 1.75. The number of nitrogens with zero attached hydrogens (tertiary/aromatic N) is 3. The fourth-order valence-corrected chi connectivity index (χ4v) is 3.41. The Morgan fingerprint density at radius 2 is 2.15 bits per heavy atom. The molecule has 2 aromatic rings. The van der Waals surface area contributed by atoms with Gasteiger partial charge in [-0.1, -0.05) is 30.3 Å². The molecule has 0 aliphatic carbocycles. The van der Waals surface area contributed by atoms with Gasteiger partial charge in [-0.2, -0.15) is 0 Å². The van der Waals surface area contributed by atoms with Crippen molar-refractivity contribution in [3.63, 3.8) is 0 Å². The molecule has 0 amide bonds. The summed E-state index contributed by atoms with van der Waals surface area (Å²) in [5.74, 6) is 0.981. The van der Waals surface area contributed by atoms with Gasteiger partial charge in [0.2, 0.25) is 0 Å². The van der Waals surface area contributed by atoms with Crippen molar-refractivity contribution in [3.05, 3.63) is 42.2 Å².